The summed E-state index contributed by atoms with van der Waals surface area (Å²) < 4.78 is 14.1. The lowest BCUT2D eigenvalue weighted by Crippen LogP contribution is -2.38. The van der Waals surface area contributed by atoms with Crippen LogP contribution in [-0.4, -0.2) is 11.8 Å². The van der Waals surface area contributed by atoms with Crippen LogP contribution in [0.1, 0.15) is 12.8 Å². The molecule has 3 aliphatic carbocycles. The van der Waals surface area contributed by atoms with Crippen LogP contribution in [0.5, 0.6) is 0 Å². The van der Waals surface area contributed by atoms with E-state index in [2.05, 4.69) is 0 Å². The van der Waals surface area contributed by atoms with E-state index in [-0.39, 0.29) is 46.2 Å². The Morgan fingerprint density at radius 3 is 2.10 bits per heavy atom. The summed E-state index contributed by atoms with van der Waals surface area (Å²) in [6, 6.07) is 4.03. The van der Waals surface area contributed by atoms with Crippen molar-refractivity contribution in [2.45, 2.75) is 12.8 Å². The van der Waals surface area contributed by atoms with E-state index in [0.29, 0.717) is 0 Å². The third-order valence-corrected chi connectivity index (χ3v) is 5.15. The Balaban J connectivity index is 1.78. The number of allylic oxidation sites excluding steroid dienone is 2. The van der Waals surface area contributed by atoms with E-state index in [1.54, 1.807) is 0 Å². The summed E-state index contributed by atoms with van der Waals surface area (Å²) in [6.45, 7) is 0. The first-order valence-electron chi connectivity index (χ1n) is 7.09. The summed E-state index contributed by atoms with van der Waals surface area (Å²) in [6.07, 6.45) is 5.95. The summed E-state index contributed by atoms with van der Waals surface area (Å²) in [7, 11) is 0. The van der Waals surface area contributed by atoms with Crippen molar-refractivity contribution in [3.8, 4) is 0 Å². The molecule has 1 aromatic rings. The van der Waals surface area contributed by atoms with E-state index in [1.807, 2.05) is 12.2 Å². The average molecular weight is 306 g/mol. The summed E-state index contributed by atoms with van der Waals surface area (Å²) in [4.78, 5) is 26.3. The summed E-state index contributed by atoms with van der Waals surface area (Å²) >= 11 is 5.74. The summed E-state index contributed by atoms with van der Waals surface area (Å²) in [5.41, 5.74) is 0.0169. The molecule has 1 aromatic carbocycles. The van der Waals surface area contributed by atoms with Crippen molar-refractivity contribution in [1.82, 2.24) is 0 Å². The van der Waals surface area contributed by atoms with Crippen molar-refractivity contribution in [1.29, 1.82) is 0 Å². The molecule has 5 heteroatoms. The Bertz CT molecular complexity index is 655. The first-order chi connectivity index (χ1) is 10.1. The molecule has 2 amide bonds. The van der Waals surface area contributed by atoms with Crippen LogP contribution in [0, 0.1) is 29.5 Å². The van der Waals surface area contributed by atoms with Gasteiger partial charge in [0.1, 0.15) is 5.82 Å². The topological polar surface area (TPSA) is 37.4 Å². The van der Waals surface area contributed by atoms with Crippen LogP contribution >= 0.6 is 11.6 Å². The van der Waals surface area contributed by atoms with Gasteiger partial charge in [0.15, 0.2) is 0 Å². The largest absolute Gasteiger partial charge is 0.274 e. The molecule has 5 rings (SSSR count). The van der Waals surface area contributed by atoms with Crippen LogP contribution in [0.4, 0.5) is 10.1 Å². The number of anilines is 1. The SMILES string of the molecule is O=C1[C@@H]2[C@H](C(=O)N1c1ccc(Cl)cc1F)[C@@H]1C=C[C@@H]2CC1. The number of hydrogen-bond acceptors (Lipinski definition) is 2. The number of amides is 2. The zero-order chi connectivity index (χ0) is 14.7. The number of fused-ring (bicyclic) bond motifs is 1. The van der Waals surface area contributed by atoms with E-state index < -0.39 is 5.82 Å². The minimum absolute atomic E-state index is 0.0169. The van der Waals surface area contributed by atoms with Gasteiger partial charge in [-0.15, -0.1) is 0 Å². The van der Waals surface area contributed by atoms with Crippen LogP contribution in [0.3, 0.4) is 0 Å². The number of carbonyl (C=O) groups is 2. The van der Waals surface area contributed by atoms with Gasteiger partial charge >= 0.3 is 0 Å². The molecule has 108 valence electrons. The van der Waals surface area contributed by atoms with Gasteiger partial charge < -0.3 is 0 Å². The maximum Gasteiger partial charge on any atom is 0.238 e. The van der Waals surface area contributed by atoms with Gasteiger partial charge in [-0.05, 0) is 42.9 Å². The normalized spacial score (nSPS) is 33.7. The van der Waals surface area contributed by atoms with E-state index in [4.69, 9.17) is 11.6 Å². The Morgan fingerprint density at radius 1 is 1.05 bits per heavy atom. The highest BCUT2D eigenvalue weighted by molar-refractivity contribution is 6.31. The van der Waals surface area contributed by atoms with Crippen LogP contribution in [0.15, 0.2) is 30.4 Å². The third-order valence-electron chi connectivity index (χ3n) is 4.91. The lowest BCUT2D eigenvalue weighted by atomic mass is 9.63. The molecule has 2 fully saturated rings. The maximum absolute atomic E-state index is 14.1. The highest BCUT2D eigenvalue weighted by Crippen LogP contribution is 2.50. The van der Waals surface area contributed by atoms with Crippen molar-refractivity contribution in [2.75, 3.05) is 4.90 Å². The minimum atomic E-state index is -0.636. The van der Waals surface area contributed by atoms with E-state index in [1.165, 1.54) is 12.1 Å². The average Bonchev–Trinajstić information content (AvgIpc) is 2.75. The monoisotopic (exact) mass is 305 g/mol. The molecule has 0 radical (unpaired) electrons. The number of hydrogen-bond donors (Lipinski definition) is 0. The fourth-order valence-electron chi connectivity index (χ4n) is 3.97. The van der Waals surface area contributed by atoms with Gasteiger partial charge in [0.2, 0.25) is 11.8 Å². The smallest absolute Gasteiger partial charge is 0.238 e. The molecule has 21 heavy (non-hydrogen) atoms. The number of nitrogens with zero attached hydrogens (tertiary/aromatic N) is 1. The Morgan fingerprint density at radius 2 is 1.62 bits per heavy atom. The lowest BCUT2D eigenvalue weighted by molar-refractivity contribution is -0.124. The number of rotatable bonds is 1. The molecule has 1 heterocycles. The molecule has 1 saturated heterocycles. The van der Waals surface area contributed by atoms with Gasteiger partial charge in [0.25, 0.3) is 0 Å². The van der Waals surface area contributed by atoms with E-state index >= 15 is 0 Å². The lowest BCUT2D eigenvalue weighted by Gasteiger charge is -2.38. The van der Waals surface area contributed by atoms with Crippen LogP contribution in [0.2, 0.25) is 5.02 Å². The maximum atomic E-state index is 14.1. The predicted octanol–water partition coefficient (Wildman–Crippen LogP) is 3.18. The van der Waals surface area contributed by atoms with Crippen molar-refractivity contribution in [3.05, 3.63) is 41.2 Å². The minimum Gasteiger partial charge on any atom is -0.274 e. The van der Waals surface area contributed by atoms with Crippen molar-refractivity contribution in [3.63, 3.8) is 0 Å². The molecule has 1 saturated carbocycles. The second-order valence-electron chi connectivity index (χ2n) is 5.95. The molecule has 2 bridgehead atoms. The zero-order valence-corrected chi connectivity index (χ0v) is 11.9. The molecular weight excluding hydrogens is 293 g/mol. The van der Waals surface area contributed by atoms with Crippen LogP contribution in [0.25, 0.3) is 0 Å². The molecule has 0 N–H and O–H groups in total. The third kappa shape index (κ3) is 1.72. The molecule has 1 aliphatic heterocycles. The van der Waals surface area contributed by atoms with Gasteiger partial charge in [-0.1, -0.05) is 23.8 Å². The quantitative estimate of drug-likeness (QED) is 0.590. The fraction of sp³-hybridized carbons (Fsp3) is 0.375. The second kappa shape index (κ2) is 4.41. The molecule has 0 unspecified atom stereocenters. The molecule has 4 aliphatic rings. The summed E-state index contributed by atoms with van der Waals surface area (Å²) in [5, 5.41) is 0.245. The molecular formula is C16H13ClFNO2. The van der Waals surface area contributed by atoms with Gasteiger partial charge in [-0.25, -0.2) is 9.29 Å². The first kappa shape index (κ1) is 13.0. The standard InChI is InChI=1S/C16H13ClFNO2/c17-10-5-6-12(11(18)7-10)19-15(20)13-8-1-2-9(4-3-8)14(13)16(19)21/h1-2,5-9,13-14H,3-4H2/t8-,9-,13-,14+/m1/s1. The Kier molecular flexibility index (Phi) is 2.73. The molecule has 0 aromatic heterocycles. The van der Waals surface area contributed by atoms with Crippen molar-refractivity contribution < 1.29 is 14.0 Å². The van der Waals surface area contributed by atoms with Crippen molar-refractivity contribution >= 4 is 29.1 Å². The summed E-state index contributed by atoms with van der Waals surface area (Å²) in [5.74, 6) is -1.61. The van der Waals surface area contributed by atoms with Gasteiger partial charge in [0.05, 0.1) is 17.5 Å². The fourth-order valence-corrected chi connectivity index (χ4v) is 4.13. The Labute approximate surface area is 126 Å². The number of halogens is 2. The molecule has 0 spiro atoms. The first-order valence-corrected chi connectivity index (χ1v) is 7.47. The van der Waals surface area contributed by atoms with Crippen molar-refractivity contribution in [2.24, 2.45) is 23.7 Å². The van der Waals surface area contributed by atoms with Gasteiger partial charge in [0, 0.05) is 5.02 Å². The number of imide groups is 1. The van der Waals surface area contributed by atoms with Crippen LogP contribution in [-0.2, 0) is 9.59 Å². The number of carbonyl (C=O) groups excluding carboxylic acids is 2. The Hall–Kier alpha value is -1.68. The van der Waals surface area contributed by atoms with Crippen LogP contribution < -0.4 is 4.90 Å². The molecule has 4 atom stereocenters. The van der Waals surface area contributed by atoms with Gasteiger partial charge in [-0.3, -0.25) is 9.59 Å². The zero-order valence-electron chi connectivity index (χ0n) is 11.1. The number of benzene rings is 1. The van der Waals surface area contributed by atoms with E-state index in [9.17, 15) is 14.0 Å². The second-order valence-corrected chi connectivity index (χ2v) is 6.39. The molecule has 3 nitrogen and oxygen atoms in total. The highest BCUT2D eigenvalue weighted by Gasteiger charge is 2.57. The highest BCUT2D eigenvalue weighted by atomic mass is 35.5. The van der Waals surface area contributed by atoms with E-state index in [0.717, 1.165) is 23.8 Å². The van der Waals surface area contributed by atoms with Gasteiger partial charge in [-0.2, -0.15) is 0 Å². The predicted molar refractivity (Wildman–Crippen MR) is 76.2 cm³/mol.